The van der Waals surface area contributed by atoms with Gasteiger partial charge < -0.3 is 24.6 Å². The number of nitrogens with zero attached hydrogens (tertiary/aromatic N) is 5. The number of fused-ring (bicyclic) bond motifs is 1. The van der Waals surface area contributed by atoms with Crippen LogP contribution in [0.15, 0.2) is 30.3 Å². The van der Waals surface area contributed by atoms with Crippen LogP contribution >= 0.6 is 12.4 Å². The number of phenolic OH excluding ortho intramolecular Hbond substituents is 1. The molecule has 5 rings (SSSR count). The SMILES string of the molecule is Cl.OCCn1c(-c2ccc(O)cc2)cc2c(N3CCCC3)nc(N3CCCC3)nc21. The summed E-state index contributed by atoms with van der Waals surface area (Å²) >= 11 is 0. The molecule has 1 aromatic carbocycles. The molecule has 0 radical (unpaired) electrons. The first-order valence-electron chi connectivity index (χ1n) is 10.6. The lowest BCUT2D eigenvalue weighted by Crippen LogP contribution is -2.24. The van der Waals surface area contributed by atoms with E-state index in [1.165, 1.54) is 25.7 Å². The van der Waals surface area contributed by atoms with Gasteiger partial charge in [-0.1, -0.05) is 0 Å². The van der Waals surface area contributed by atoms with Gasteiger partial charge in [-0.05, 0) is 61.6 Å². The van der Waals surface area contributed by atoms with Gasteiger partial charge in [-0.25, -0.2) is 0 Å². The normalized spacial score (nSPS) is 16.4. The van der Waals surface area contributed by atoms with E-state index in [2.05, 4.69) is 20.4 Å². The topological polar surface area (TPSA) is 77.7 Å². The molecule has 2 aromatic heterocycles. The van der Waals surface area contributed by atoms with Crippen molar-refractivity contribution < 1.29 is 10.2 Å². The third kappa shape index (κ3) is 3.68. The van der Waals surface area contributed by atoms with E-state index in [1.54, 1.807) is 12.1 Å². The summed E-state index contributed by atoms with van der Waals surface area (Å²) < 4.78 is 2.09. The summed E-state index contributed by atoms with van der Waals surface area (Å²) in [6.07, 6.45) is 4.73. The lowest BCUT2D eigenvalue weighted by atomic mass is 10.1. The van der Waals surface area contributed by atoms with Crippen molar-refractivity contribution in [1.82, 2.24) is 14.5 Å². The molecule has 2 aliphatic rings. The Bertz CT molecular complexity index is 1010. The van der Waals surface area contributed by atoms with E-state index >= 15 is 0 Å². The van der Waals surface area contributed by atoms with Crippen molar-refractivity contribution in [3.05, 3.63) is 30.3 Å². The molecule has 2 fully saturated rings. The molecular weight excluding hydrogens is 402 g/mol. The minimum Gasteiger partial charge on any atom is -0.508 e. The van der Waals surface area contributed by atoms with Crippen molar-refractivity contribution in [2.45, 2.75) is 32.2 Å². The maximum atomic E-state index is 9.75. The van der Waals surface area contributed by atoms with Gasteiger partial charge in [0, 0.05) is 32.7 Å². The Kier molecular flexibility index (Phi) is 6.01. The Morgan fingerprint density at radius 2 is 1.50 bits per heavy atom. The number of benzene rings is 1. The maximum absolute atomic E-state index is 9.75. The van der Waals surface area contributed by atoms with Crippen LogP contribution in [0, 0.1) is 0 Å². The number of hydrogen-bond acceptors (Lipinski definition) is 6. The predicted molar refractivity (Wildman–Crippen MR) is 122 cm³/mol. The zero-order valence-electron chi connectivity index (χ0n) is 17.0. The van der Waals surface area contributed by atoms with Crippen LogP contribution in [0.2, 0.25) is 0 Å². The van der Waals surface area contributed by atoms with Gasteiger partial charge >= 0.3 is 0 Å². The van der Waals surface area contributed by atoms with Gasteiger partial charge in [0.05, 0.1) is 17.7 Å². The molecule has 4 heterocycles. The molecule has 160 valence electrons. The number of aliphatic hydroxyl groups excluding tert-OH is 1. The molecular formula is C22H28ClN5O2. The average molecular weight is 430 g/mol. The van der Waals surface area contributed by atoms with E-state index < -0.39 is 0 Å². The number of halogens is 1. The molecule has 2 saturated heterocycles. The Balaban J connectivity index is 0.00000218. The molecule has 7 nitrogen and oxygen atoms in total. The van der Waals surface area contributed by atoms with Crippen molar-refractivity contribution in [2.24, 2.45) is 0 Å². The fourth-order valence-electron chi connectivity index (χ4n) is 4.52. The third-order valence-corrected chi connectivity index (χ3v) is 6.00. The van der Waals surface area contributed by atoms with Crippen molar-refractivity contribution in [3.8, 4) is 17.0 Å². The molecule has 0 atom stereocenters. The summed E-state index contributed by atoms with van der Waals surface area (Å²) in [6.45, 7) is 4.54. The monoisotopic (exact) mass is 429 g/mol. The van der Waals surface area contributed by atoms with E-state index in [0.717, 1.165) is 60.2 Å². The first-order chi connectivity index (χ1) is 14.2. The number of hydrogen-bond donors (Lipinski definition) is 2. The van der Waals surface area contributed by atoms with E-state index in [9.17, 15) is 10.2 Å². The summed E-state index contributed by atoms with van der Waals surface area (Å²) in [5.41, 5.74) is 2.85. The molecule has 0 unspecified atom stereocenters. The van der Waals surface area contributed by atoms with Gasteiger partial charge in [0.1, 0.15) is 17.2 Å². The first kappa shape index (κ1) is 20.8. The summed E-state index contributed by atoms with van der Waals surface area (Å²) in [5.74, 6) is 2.05. The summed E-state index contributed by atoms with van der Waals surface area (Å²) in [7, 11) is 0. The fraction of sp³-hybridized carbons (Fsp3) is 0.455. The molecule has 8 heteroatoms. The lowest BCUT2D eigenvalue weighted by Gasteiger charge is -2.21. The molecule has 0 bridgehead atoms. The number of aromatic nitrogens is 3. The van der Waals surface area contributed by atoms with E-state index in [4.69, 9.17) is 9.97 Å². The van der Waals surface area contributed by atoms with Crippen molar-refractivity contribution >= 4 is 35.2 Å². The zero-order valence-corrected chi connectivity index (χ0v) is 17.8. The molecule has 2 N–H and O–H groups in total. The van der Waals surface area contributed by atoms with Crippen molar-refractivity contribution in [1.29, 1.82) is 0 Å². The molecule has 0 amide bonds. The standard InChI is InChI=1S/C22H27N5O2.ClH/c28-14-13-27-19(16-5-7-17(29)8-6-16)15-18-20(25-9-1-2-10-25)23-22(24-21(18)27)26-11-3-4-12-26;/h5-8,15,28-29H,1-4,9-14H2;1H. The quantitative estimate of drug-likeness (QED) is 0.647. The number of rotatable bonds is 5. The van der Waals surface area contributed by atoms with E-state index in [1.807, 2.05) is 12.1 Å². The highest BCUT2D eigenvalue weighted by Crippen LogP contribution is 2.36. The number of aliphatic hydroxyl groups is 1. The highest BCUT2D eigenvalue weighted by molar-refractivity contribution is 5.94. The summed E-state index contributed by atoms with van der Waals surface area (Å²) in [6, 6.07) is 9.33. The predicted octanol–water partition coefficient (Wildman–Crippen LogP) is 3.42. The zero-order chi connectivity index (χ0) is 19.8. The molecule has 0 aliphatic carbocycles. The second-order valence-electron chi connectivity index (χ2n) is 7.92. The number of phenols is 1. The van der Waals surface area contributed by atoms with Gasteiger partial charge in [-0.15, -0.1) is 12.4 Å². The minimum absolute atomic E-state index is 0. The molecule has 0 spiro atoms. The van der Waals surface area contributed by atoms with Crippen LogP contribution in [0.25, 0.3) is 22.3 Å². The smallest absolute Gasteiger partial charge is 0.229 e. The minimum atomic E-state index is 0. The number of aromatic hydroxyl groups is 1. The van der Waals surface area contributed by atoms with Gasteiger partial charge in [-0.2, -0.15) is 9.97 Å². The second-order valence-corrected chi connectivity index (χ2v) is 7.92. The van der Waals surface area contributed by atoms with Crippen LogP contribution in [-0.4, -0.2) is 57.5 Å². The van der Waals surface area contributed by atoms with Crippen LogP contribution in [-0.2, 0) is 6.54 Å². The maximum Gasteiger partial charge on any atom is 0.229 e. The Morgan fingerprint density at radius 3 is 2.13 bits per heavy atom. The van der Waals surface area contributed by atoms with Crippen molar-refractivity contribution in [3.63, 3.8) is 0 Å². The molecule has 2 aliphatic heterocycles. The Labute approximate surface area is 182 Å². The van der Waals surface area contributed by atoms with Crippen LogP contribution in [0.3, 0.4) is 0 Å². The highest BCUT2D eigenvalue weighted by Gasteiger charge is 2.25. The fourth-order valence-corrected chi connectivity index (χ4v) is 4.52. The Hall–Kier alpha value is -2.51. The molecule has 0 saturated carbocycles. The average Bonchev–Trinajstić information content (AvgIpc) is 3.50. The van der Waals surface area contributed by atoms with Gasteiger partial charge in [-0.3, -0.25) is 0 Å². The second kappa shape index (κ2) is 8.70. The lowest BCUT2D eigenvalue weighted by molar-refractivity contribution is 0.278. The van der Waals surface area contributed by atoms with E-state index in [-0.39, 0.29) is 24.8 Å². The molecule has 30 heavy (non-hydrogen) atoms. The summed E-state index contributed by atoms with van der Waals surface area (Å²) in [4.78, 5) is 14.6. The summed E-state index contributed by atoms with van der Waals surface area (Å²) in [5, 5.41) is 20.5. The van der Waals surface area contributed by atoms with Crippen LogP contribution in [0.4, 0.5) is 11.8 Å². The van der Waals surface area contributed by atoms with Crippen molar-refractivity contribution in [2.75, 3.05) is 42.6 Å². The van der Waals surface area contributed by atoms with Gasteiger partial charge in [0.25, 0.3) is 0 Å². The van der Waals surface area contributed by atoms with Gasteiger partial charge in [0.2, 0.25) is 5.95 Å². The van der Waals surface area contributed by atoms with Crippen LogP contribution in [0.5, 0.6) is 5.75 Å². The van der Waals surface area contributed by atoms with E-state index in [0.29, 0.717) is 6.54 Å². The number of anilines is 2. The Morgan fingerprint density at radius 1 is 0.867 bits per heavy atom. The largest absolute Gasteiger partial charge is 0.508 e. The molecule has 3 aromatic rings. The van der Waals surface area contributed by atoms with Crippen LogP contribution < -0.4 is 9.80 Å². The van der Waals surface area contributed by atoms with Gasteiger partial charge in [0.15, 0.2) is 0 Å². The third-order valence-electron chi connectivity index (χ3n) is 6.00. The first-order valence-corrected chi connectivity index (χ1v) is 10.6. The highest BCUT2D eigenvalue weighted by atomic mass is 35.5. The van der Waals surface area contributed by atoms with Crippen LogP contribution in [0.1, 0.15) is 25.7 Å².